The molecule has 0 aromatic carbocycles. The van der Waals surface area contributed by atoms with Gasteiger partial charge in [-0.2, -0.15) is 0 Å². The van der Waals surface area contributed by atoms with Crippen LogP contribution in [0.3, 0.4) is 0 Å². The van der Waals surface area contributed by atoms with Crippen LogP contribution in [0.15, 0.2) is 25.3 Å². The predicted octanol–water partition coefficient (Wildman–Crippen LogP) is 2.60. The second-order valence-corrected chi connectivity index (χ2v) is 10.6. The van der Waals surface area contributed by atoms with Gasteiger partial charge in [0.2, 0.25) is 11.8 Å². The van der Waals surface area contributed by atoms with Crippen molar-refractivity contribution < 1.29 is 33.8 Å². The van der Waals surface area contributed by atoms with E-state index in [1.807, 2.05) is 6.08 Å². The number of nitrogens with one attached hydrogen (secondary N) is 2. The van der Waals surface area contributed by atoms with Crippen LogP contribution >= 0.6 is 0 Å². The van der Waals surface area contributed by atoms with Gasteiger partial charge in [-0.05, 0) is 57.3 Å². The number of amides is 3. The van der Waals surface area contributed by atoms with E-state index in [9.17, 15) is 24.3 Å². The summed E-state index contributed by atoms with van der Waals surface area (Å²) in [6.07, 6.45) is 9.89. The summed E-state index contributed by atoms with van der Waals surface area (Å²) >= 11 is 0. The Kier molecular flexibility index (Phi) is 11.2. The summed E-state index contributed by atoms with van der Waals surface area (Å²) in [5.41, 5.74) is 0. The van der Waals surface area contributed by atoms with Crippen LogP contribution in [0.5, 0.6) is 0 Å². The Morgan fingerprint density at radius 1 is 1.11 bits per heavy atom. The van der Waals surface area contributed by atoms with Gasteiger partial charge < -0.3 is 30.1 Å². The van der Waals surface area contributed by atoms with Gasteiger partial charge in [0.05, 0.1) is 19.1 Å². The van der Waals surface area contributed by atoms with Crippen LogP contribution in [0.2, 0.25) is 0 Å². The Hall–Kier alpha value is -2.88. The van der Waals surface area contributed by atoms with Gasteiger partial charge >= 0.3 is 12.1 Å². The molecule has 3 N–H and O–H groups in total. The minimum Gasteiger partial charge on any atom is -0.469 e. The summed E-state index contributed by atoms with van der Waals surface area (Å²) in [6.45, 7) is 7.49. The number of allylic oxidation sites excluding steroid dienone is 1. The van der Waals surface area contributed by atoms with Gasteiger partial charge in [-0.15, -0.1) is 13.2 Å². The van der Waals surface area contributed by atoms with Gasteiger partial charge in [0.15, 0.2) is 0 Å². The van der Waals surface area contributed by atoms with Gasteiger partial charge in [0.1, 0.15) is 18.2 Å². The molecule has 1 heterocycles. The fourth-order valence-electron chi connectivity index (χ4n) is 5.71. The molecule has 2 saturated carbocycles. The number of methoxy groups -OCH3 is 1. The topological polar surface area (TPSA) is 134 Å². The van der Waals surface area contributed by atoms with E-state index in [1.165, 1.54) is 12.0 Å². The minimum absolute atomic E-state index is 0.0147. The van der Waals surface area contributed by atoms with E-state index in [0.717, 1.165) is 44.9 Å². The molecule has 3 fully saturated rings. The molecule has 0 spiro atoms. The lowest BCUT2D eigenvalue weighted by Crippen LogP contribution is -2.60. The van der Waals surface area contributed by atoms with Crippen molar-refractivity contribution in [1.29, 1.82) is 0 Å². The van der Waals surface area contributed by atoms with Crippen LogP contribution in [0, 0.1) is 11.8 Å². The first-order valence-electron chi connectivity index (χ1n) is 13.9. The standard InChI is InChI=1S/C28H43N3O7/c1-4-6-7-8-9-14-22(29-28(36)38-20-12-10-11-13-20)26(34)31-17-19(32)16-23(31)25(33)30-24-18(5-2)15-21(24)27(35)37-3/h4-5,18-24,32H,1-2,6-17H2,3H3,(H,29,36)(H,30,33)/t18-,19?,21?,22+,23+,24+/m1/s1. The molecule has 0 radical (unpaired) electrons. The smallest absolute Gasteiger partial charge is 0.408 e. The van der Waals surface area contributed by atoms with Crippen LogP contribution < -0.4 is 10.6 Å². The van der Waals surface area contributed by atoms with Crippen molar-refractivity contribution in [2.75, 3.05) is 13.7 Å². The summed E-state index contributed by atoms with van der Waals surface area (Å²) in [6, 6.07) is -2.28. The lowest BCUT2D eigenvalue weighted by molar-refractivity contribution is -0.152. The minimum atomic E-state index is -0.919. The van der Waals surface area contributed by atoms with E-state index < -0.39 is 54.0 Å². The number of β-amino-alcohol motifs (C(OH)–C–C–N with tert-alkyl or cyclic N) is 1. The van der Waals surface area contributed by atoms with Gasteiger partial charge in [-0.1, -0.05) is 25.0 Å². The molecule has 3 aliphatic rings. The first-order valence-corrected chi connectivity index (χ1v) is 13.9. The van der Waals surface area contributed by atoms with Gasteiger partial charge in [0, 0.05) is 19.0 Å². The number of aliphatic hydroxyl groups is 1. The third-order valence-corrected chi connectivity index (χ3v) is 7.97. The molecule has 10 heteroatoms. The normalized spacial score (nSPS) is 27.6. The number of unbranched alkanes of at least 4 members (excludes halogenated alkanes) is 3. The molecule has 2 aliphatic carbocycles. The number of ether oxygens (including phenoxy) is 2. The highest BCUT2D eigenvalue weighted by Gasteiger charge is 2.48. The van der Waals surface area contributed by atoms with Crippen molar-refractivity contribution in [3.8, 4) is 0 Å². The molecule has 2 unspecified atom stereocenters. The molecule has 3 rings (SSSR count). The van der Waals surface area contributed by atoms with E-state index in [4.69, 9.17) is 9.47 Å². The molecule has 1 aliphatic heterocycles. The van der Waals surface area contributed by atoms with Crippen LogP contribution in [0.4, 0.5) is 4.79 Å². The van der Waals surface area contributed by atoms with E-state index in [2.05, 4.69) is 23.8 Å². The monoisotopic (exact) mass is 533 g/mol. The van der Waals surface area contributed by atoms with Gasteiger partial charge in [-0.3, -0.25) is 14.4 Å². The third-order valence-electron chi connectivity index (χ3n) is 7.97. The van der Waals surface area contributed by atoms with Crippen LogP contribution in [-0.4, -0.2) is 77.9 Å². The summed E-state index contributed by atoms with van der Waals surface area (Å²) in [5, 5.41) is 16.0. The number of alkyl carbamates (subject to hydrolysis) is 1. The lowest BCUT2D eigenvalue weighted by atomic mass is 9.69. The summed E-state index contributed by atoms with van der Waals surface area (Å²) in [5.74, 6) is -1.85. The fourth-order valence-corrected chi connectivity index (χ4v) is 5.71. The maximum atomic E-state index is 13.7. The number of aliphatic hydroxyl groups excluding tert-OH is 1. The molecule has 6 atom stereocenters. The van der Waals surface area contributed by atoms with Crippen molar-refractivity contribution in [3.05, 3.63) is 25.3 Å². The number of hydrogen-bond donors (Lipinski definition) is 3. The highest BCUT2D eigenvalue weighted by Crippen LogP contribution is 2.36. The molecule has 0 aromatic rings. The zero-order valence-corrected chi connectivity index (χ0v) is 22.4. The maximum Gasteiger partial charge on any atom is 0.408 e. The number of likely N-dealkylation sites (tertiary alicyclic amines) is 1. The number of carbonyl (C=O) groups is 4. The largest absolute Gasteiger partial charge is 0.469 e. The molecule has 1 saturated heterocycles. The van der Waals surface area contributed by atoms with Crippen molar-refractivity contribution in [1.82, 2.24) is 15.5 Å². The molecule has 3 amide bonds. The number of rotatable bonds is 13. The van der Waals surface area contributed by atoms with Gasteiger partial charge in [-0.25, -0.2) is 4.79 Å². The SMILES string of the molecule is C=CCCCCC[C@H](NC(=O)OC1CCCC1)C(=O)N1CC(O)C[C@H]1C(=O)N[C@@H]1C(C(=O)OC)C[C@H]1C=C. The van der Waals surface area contributed by atoms with E-state index >= 15 is 0 Å². The van der Waals surface area contributed by atoms with Crippen LogP contribution in [0.1, 0.15) is 70.6 Å². The zero-order chi connectivity index (χ0) is 27.7. The van der Waals surface area contributed by atoms with Crippen LogP contribution in [-0.2, 0) is 23.9 Å². The van der Waals surface area contributed by atoms with E-state index in [0.29, 0.717) is 19.3 Å². The molecule has 0 aromatic heterocycles. The fraction of sp³-hybridized carbons (Fsp3) is 0.714. The maximum absolute atomic E-state index is 13.7. The predicted molar refractivity (Wildman–Crippen MR) is 141 cm³/mol. The van der Waals surface area contributed by atoms with Crippen LogP contribution in [0.25, 0.3) is 0 Å². The van der Waals surface area contributed by atoms with Crippen molar-refractivity contribution in [2.24, 2.45) is 11.8 Å². The first kappa shape index (κ1) is 29.7. The number of esters is 1. The highest BCUT2D eigenvalue weighted by atomic mass is 16.6. The third kappa shape index (κ3) is 7.58. The molecule has 0 bridgehead atoms. The quantitative estimate of drug-likeness (QED) is 0.188. The van der Waals surface area contributed by atoms with Crippen molar-refractivity contribution >= 4 is 23.9 Å². The first-order chi connectivity index (χ1) is 18.3. The summed E-state index contributed by atoms with van der Waals surface area (Å²) < 4.78 is 10.4. The Morgan fingerprint density at radius 3 is 2.50 bits per heavy atom. The average molecular weight is 534 g/mol. The summed E-state index contributed by atoms with van der Waals surface area (Å²) in [4.78, 5) is 53.1. The molecular formula is C28H43N3O7. The zero-order valence-electron chi connectivity index (χ0n) is 22.4. The number of hydrogen-bond acceptors (Lipinski definition) is 7. The van der Waals surface area contributed by atoms with Crippen molar-refractivity contribution in [3.63, 3.8) is 0 Å². The van der Waals surface area contributed by atoms with Gasteiger partial charge in [0.25, 0.3) is 0 Å². The molecule has 38 heavy (non-hydrogen) atoms. The highest BCUT2D eigenvalue weighted by molar-refractivity contribution is 5.92. The Bertz CT molecular complexity index is 873. The molecular weight excluding hydrogens is 490 g/mol. The second-order valence-electron chi connectivity index (χ2n) is 10.6. The van der Waals surface area contributed by atoms with E-state index in [-0.39, 0.29) is 25.0 Å². The number of nitrogens with zero attached hydrogens (tertiary/aromatic N) is 1. The van der Waals surface area contributed by atoms with E-state index in [1.54, 1.807) is 6.08 Å². The second kappa shape index (κ2) is 14.3. The average Bonchev–Trinajstić information content (AvgIpc) is 3.54. The lowest BCUT2D eigenvalue weighted by Gasteiger charge is -2.42. The number of carbonyl (C=O) groups excluding carboxylic acids is 4. The summed E-state index contributed by atoms with van der Waals surface area (Å²) in [7, 11) is 1.30. The Morgan fingerprint density at radius 2 is 1.84 bits per heavy atom. The Balaban J connectivity index is 1.68. The van der Waals surface area contributed by atoms with Crippen molar-refractivity contribution in [2.45, 2.75) is 101 Å². The molecule has 10 nitrogen and oxygen atoms in total. The Labute approximate surface area is 225 Å². The molecule has 212 valence electrons.